The number of pyridine rings is 1. The number of aryl methyl sites for hydroxylation is 1. The van der Waals surface area contributed by atoms with Gasteiger partial charge in [0.1, 0.15) is 29.3 Å². The van der Waals surface area contributed by atoms with Crippen LogP contribution in [0.5, 0.6) is 0 Å². The van der Waals surface area contributed by atoms with Gasteiger partial charge in [-0.25, -0.2) is 23.7 Å². The van der Waals surface area contributed by atoms with Gasteiger partial charge in [-0.05, 0) is 43.7 Å². The Balaban J connectivity index is 1.66. The van der Waals surface area contributed by atoms with Gasteiger partial charge in [-0.1, -0.05) is 25.7 Å². The first-order chi connectivity index (χ1) is 17.4. The molecule has 2 aromatic heterocycles. The van der Waals surface area contributed by atoms with Crippen LogP contribution in [0.3, 0.4) is 0 Å². The van der Waals surface area contributed by atoms with E-state index >= 15 is 8.78 Å². The molecule has 1 saturated heterocycles. The van der Waals surface area contributed by atoms with Gasteiger partial charge in [0, 0.05) is 43.5 Å². The van der Waals surface area contributed by atoms with E-state index < -0.39 is 23.1 Å². The van der Waals surface area contributed by atoms with Crippen molar-refractivity contribution in [3.05, 3.63) is 70.8 Å². The van der Waals surface area contributed by atoms with Gasteiger partial charge < -0.3 is 10.6 Å². The number of amides is 1. The van der Waals surface area contributed by atoms with Crippen LogP contribution in [0.2, 0.25) is 0 Å². The summed E-state index contributed by atoms with van der Waals surface area (Å²) in [6.45, 7) is 7.19. The van der Waals surface area contributed by atoms with Gasteiger partial charge in [0.25, 0.3) is 5.91 Å². The van der Waals surface area contributed by atoms with Crippen LogP contribution < -0.4 is 5.73 Å². The highest BCUT2D eigenvalue weighted by atomic mass is 19.1. The number of nitrogen functional groups attached to an aromatic ring is 1. The number of nitrogens with two attached hydrogens (primary N) is 1. The molecule has 0 unspecified atom stereocenters. The SMILES string of the molecule is CCCN1CCN(C(=O)c2c(F)cc(-c3ncnc(CC)c3C#Cc3ccc(N)nc3)cc2F)CC1. The lowest BCUT2D eigenvalue weighted by Crippen LogP contribution is -2.49. The average Bonchev–Trinajstić information content (AvgIpc) is 2.88. The molecular formula is C27H28F2N6O. The summed E-state index contributed by atoms with van der Waals surface area (Å²) in [5.74, 6) is 3.90. The van der Waals surface area contributed by atoms with Gasteiger partial charge in [0.2, 0.25) is 0 Å². The molecule has 1 aliphatic heterocycles. The van der Waals surface area contributed by atoms with Gasteiger partial charge in [-0.15, -0.1) is 0 Å². The number of anilines is 1. The molecule has 0 radical (unpaired) electrons. The maximum Gasteiger partial charge on any atom is 0.259 e. The van der Waals surface area contributed by atoms with E-state index in [-0.39, 0.29) is 5.56 Å². The zero-order valence-corrected chi connectivity index (χ0v) is 20.4. The van der Waals surface area contributed by atoms with E-state index in [2.05, 4.69) is 38.6 Å². The molecule has 2 N–H and O–H groups in total. The fourth-order valence-electron chi connectivity index (χ4n) is 4.22. The summed E-state index contributed by atoms with van der Waals surface area (Å²) in [6.07, 6.45) is 4.45. The lowest BCUT2D eigenvalue weighted by Gasteiger charge is -2.34. The van der Waals surface area contributed by atoms with Crippen molar-refractivity contribution in [1.82, 2.24) is 24.8 Å². The molecule has 9 heteroatoms. The number of benzene rings is 1. The van der Waals surface area contributed by atoms with E-state index in [1.54, 1.807) is 18.3 Å². The number of piperazine rings is 1. The van der Waals surface area contributed by atoms with Crippen molar-refractivity contribution in [3.8, 4) is 23.1 Å². The summed E-state index contributed by atoms with van der Waals surface area (Å²) < 4.78 is 30.4. The highest BCUT2D eigenvalue weighted by Gasteiger charge is 2.27. The van der Waals surface area contributed by atoms with E-state index in [4.69, 9.17) is 5.73 Å². The predicted octanol–water partition coefficient (Wildman–Crippen LogP) is 3.53. The van der Waals surface area contributed by atoms with Crippen molar-refractivity contribution in [2.24, 2.45) is 0 Å². The monoisotopic (exact) mass is 490 g/mol. The summed E-state index contributed by atoms with van der Waals surface area (Å²) in [5.41, 5.74) is 7.28. The maximum absolute atomic E-state index is 15.2. The van der Waals surface area contributed by atoms with Gasteiger partial charge >= 0.3 is 0 Å². The number of carbonyl (C=O) groups excluding carboxylic acids is 1. The number of hydrogen-bond acceptors (Lipinski definition) is 6. The number of aromatic nitrogens is 3. The Labute approximate surface area is 209 Å². The average molecular weight is 491 g/mol. The molecule has 1 aromatic carbocycles. The molecule has 0 spiro atoms. The Hall–Kier alpha value is -3.90. The molecule has 7 nitrogen and oxygen atoms in total. The van der Waals surface area contributed by atoms with E-state index in [9.17, 15) is 4.79 Å². The molecule has 0 aliphatic carbocycles. The second-order valence-corrected chi connectivity index (χ2v) is 8.57. The van der Waals surface area contributed by atoms with E-state index in [0.29, 0.717) is 60.9 Å². The molecule has 1 fully saturated rings. The smallest absolute Gasteiger partial charge is 0.259 e. The maximum atomic E-state index is 15.2. The largest absolute Gasteiger partial charge is 0.384 e. The zero-order chi connectivity index (χ0) is 25.7. The minimum atomic E-state index is -0.927. The summed E-state index contributed by atoms with van der Waals surface area (Å²) >= 11 is 0. The molecule has 4 rings (SSSR count). The van der Waals surface area contributed by atoms with Gasteiger partial charge in [-0.3, -0.25) is 9.69 Å². The van der Waals surface area contributed by atoms with Gasteiger partial charge in [0.15, 0.2) is 0 Å². The molecule has 0 saturated carbocycles. The van der Waals surface area contributed by atoms with Crippen LogP contribution in [0.15, 0.2) is 36.8 Å². The van der Waals surface area contributed by atoms with Crippen LogP contribution >= 0.6 is 0 Å². The molecular weight excluding hydrogens is 462 g/mol. The van der Waals surface area contributed by atoms with Crippen LogP contribution in [0.25, 0.3) is 11.3 Å². The zero-order valence-electron chi connectivity index (χ0n) is 20.4. The first kappa shape index (κ1) is 25.2. The van der Waals surface area contributed by atoms with Crippen molar-refractivity contribution in [3.63, 3.8) is 0 Å². The predicted molar refractivity (Wildman–Crippen MR) is 134 cm³/mol. The van der Waals surface area contributed by atoms with E-state index in [1.807, 2.05) is 6.92 Å². The quantitative estimate of drug-likeness (QED) is 0.551. The Morgan fingerprint density at radius 1 is 1.03 bits per heavy atom. The second-order valence-electron chi connectivity index (χ2n) is 8.57. The number of hydrogen-bond donors (Lipinski definition) is 1. The second kappa shape index (κ2) is 11.2. The third kappa shape index (κ3) is 5.50. The summed E-state index contributed by atoms with van der Waals surface area (Å²) in [4.78, 5) is 29.3. The van der Waals surface area contributed by atoms with Crippen molar-refractivity contribution < 1.29 is 13.6 Å². The lowest BCUT2D eigenvalue weighted by atomic mass is 10.0. The summed E-state index contributed by atoms with van der Waals surface area (Å²) in [6, 6.07) is 5.65. The summed E-state index contributed by atoms with van der Waals surface area (Å²) in [5, 5.41) is 0. The molecule has 1 aliphatic rings. The minimum Gasteiger partial charge on any atom is -0.384 e. The Morgan fingerprint density at radius 2 is 1.75 bits per heavy atom. The minimum absolute atomic E-state index is 0.186. The third-order valence-electron chi connectivity index (χ3n) is 6.11. The van der Waals surface area contributed by atoms with E-state index in [1.165, 1.54) is 11.2 Å². The Bertz CT molecular complexity index is 1290. The number of nitrogens with zero attached hydrogens (tertiary/aromatic N) is 5. The van der Waals surface area contributed by atoms with E-state index in [0.717, 1.165) is 25.1 Å². The molecule has 36 heavy (non-hydrogen) atoms. The highest BCUT2D eigenvalue weighted by Crippen LogP contribution is 2.28. The highest BCUT2D eigenvalue weighted by molar-refractivity contribution is 5.95. The van der Waals surface area contributed by atoms with Gasteiger partial charge in [-0.2, -0.15) is 0 Å². The van der Waals surface area contributed by atoms with Gasteiger partial charge in [0.05, 0.1) is 17.0 Å². The van der Waals surface area contributed by atoms with Crippen LogP contribution in [0.1, 0.15) is 47.4 Å². The van der Waals surface area contributed by atoms with Crippen LogP contribution in [-0.4, -0.2) is 63.4 Å². The fraction of sp³-hybridized carbons (Fsp3) is 0.333. The third-order valence-corrected chi connectivity index (χ3v) is 6.11. The number of halogens is 2. The van der Waals surface area contributed by atoms with Crippen LogP contribution in [0.4, 0.5) is 14.6 Å². The molecule has 1 amide bonds. The molecule has 0 atom stereocenters. The van der Waals surface area contributed by atoms with Crippen LogP contribution in [-0.2, 0) is 6.42 Å². The Kier molecular flexibility index (Phi) is 7.86. The molecule has 0 bridgehead atoms. The summed E-state index contributed by atoms with van der Waals surface area (Å²) in [7, 11) is 0. The number of carbonyl (C=O) groups is 1. The van der Waals surface area contributed by atoms with Crippen molar-refractivity contribution in [1.29, 1.82) is 0 Å². The number of rotatable bonds is 5. The first-order valence-electron chi connectivity index (χ1n) is 12.0. The normalized spacial score (nSPS) is 13.8. The first-order valence-corrected chi connectivity index (χ1v) is 12.0. The Morgan fingerprint density at radius 3 is 2.36 bits per heavy atom. The lowest BCUT2D eigenvalue weighted by molar-refractivity contribution is 0.0628. The molecule has 186 valence electrons. The molecule has 3 heterocycles. The van der Waals surface area contributed by atoms with Crippen molar-refractivity contribution in [2.75, 3.05) is 38.5 Å². The van der Waals surface area contributed by atoms with Crippen molar-refractivity contribution >= 4 is 11.7 Å². The topological polar surface area (TPSA) is 88.2 Å². The fourth-order valence-corrected chi connectivity index (χ4v) is 4.22. The van der Waals surface area contributed by atoms with Crippen molar-refractivity contribution in [2.45, 2.75) is 26.7 Å². The van der Waals surface area contributed by atoms with Crippen LogP contribution in [0, 0.1) is 23.5 Å². The standard InChI is InChI=1S/C27H28F2N6O/c1-3-9-34-10-12-35(13-11-34)27(36)25-21(28)14-19(15-22(25)29)26-20(23(4-2)32-17-33-26)7-5-18-6-8-24(30)31-16-18/h6,8,14-17H,3-4,9-13H2,1-2H3,(H2,30,31). The molecule has 3 aromatic rings.